The molecule has 0 bridgehead atoms. The molecule has 0 spiro atoms. The molecule has 1 saturated heterocycles. The number of rotatable bonds is 37. The summed E-state index contributed by atoms with van der Waals surface area (Å²) in [7, 11) is 1.09. The van der Waals surface area contributed by atoms with Gasteiger partial charge in [-0.2, -0.15) is 0 Å². The van der Waals surface area contributed by atoms with Crippen LogP contribution >= 0.6 is 7.82 Å². The number of ether oxygens (including phenoxy) is 3. The summed E-state index contributed by atoms with van der Waals surface area (Å²) in [5, 5.41) is 0. The number of unbranched alkanes of at least 4 members (excludes halogenated alkanes) is 8. The Kier molecular flexibility index (Phi) is 31.5. The van der Waals surface area contributed by atoms with E-state index in [1.165, 1.54) is 44.9 Å². The molecule has 11 heteroatoms. The number of epoxide rings is 1. The Morgan fingerprint density at radius 2 is 1.18 bits per heavy atom. The smallest absolute Gasteiger partial charge is 0.306 e. The molecule has 1 heterocycles. The standard InChI is InChI=1S/C46H78NO9P/c1-6-8-10-11-12-13-14-15-16-17-18-22-25-28-32-36-45(48)52-40-42(41-54-57(50,51)53-39-38-47(3,4)5)55-46(49)37-33-29-26-23-20-19-21-24-27-31-35-44-43(56-44)34-30-9-7-2/h12-13,15-16,18-19,21-23,26-27,31,42-44H,6-11,14,17,20,24-25,28-30,32-41H2,1-5H3/b13-12-,16-15-,21-19-,22-18-,26-23-,31-27-/t42-,43?,44?/m1/s1. The van der Waals surface area contributed by atoms with Gasteiger partial charge in [0.05, 0.1) is 40.0 Å². The zero-order chi connectivity index (χ0) is 41.9. The first kappa shape index (κ1) is 52.4. The zero-order valence-corrected chi connectivity index (χ0v) is 37.1. The van der Waals surface area contributed by atoms with Crippen LogP contribution in [0.4, 0.5) is 0 Å². The number of hydrogen-bond acceptors (Lipinski definition) is 9. The maximum absolute atomic E-state index is 12.7. The van der Waals surface area contributed by atoms with Gasteiger partial charge in [-0.15, -0.1) is 0 Å². The molecule has 1 aliphatic heterocycles. The lowest BCUT2D eigenvalue weighted by molar-refractivity contribution is -0.870. The molecule has 0 radical (unpaired) electrons. The van der Waals surface area contributed by atoms with Gasteiger partial charge in [0, 0.05) is 12.8 Å². The van der Waals surface area contributed by atoms with E-state index >= 15 is 0 Å². The number of phosphoric acid groups is 1. The molecule has 0 saturated carbocycles. The normalized spacial score (nSPS) is 17.9. The molecule has 0 aromatic heterocycles. The molecule has 1 aliphatic rings. The molecule has 0 amide bonds. The van der Waals surface area contributed by atoms with E-state index in [0.29, 0.717) is 42.5 Å². The molecule has 1 rings (SSSR count). The molecular weight excluding hydrogens is 741 g/mol. The Balaban J connectivity index is 2.36. The second-order valence-electron chi connectivity index (χ2n) is 15.7. The van der Waals surface area contributed by atoms with Gasteiger partial charge in [0.15, 0.2) is 6.10 Å². The minimum atomic E-state index is -4.65. The predicted octanol–water partition coefficient (Wildman–Crippen LogP) is 10.6. The van der Waals surface area contributed by atoms with Gasteiger partial charge in [0.1, 0.15) is 19.8 Å². The van der Waals surface area contributed by atoms with Crippen molar-refractivity contribution in [2.75, 3.05) is 47.5 Å². The highest BCUT2D eigenvalue weighted by Gasteiger charge is 2.36. The number of carbonyl (C=O) groups is 2. The molecule has 1 fully saturated rings. The number of quaternary nitrogens is 1. The summed E-state index contributed by atoms with van der Waals surface area (Å²) in [6.07, 6.45) is 44.0. The number of nitrogens with zero attached hydrogens (tertiary/aromatic N) is 1. The van der Waals surface area contributed by atoms with Crippen LogP contribution in [0.1, 0.15) is 142 Å². The van der Waals surface area contributed by atoms with Crippen molar-refractivity contribution in [3.05, 3.63) is 72.9 Å². The highest BCUT2D eigenvalue weighted by molar-refractivity contribution is 7.45. The van der Waals surface area contributed by atoms with Crippen LogP contribution in [0.15, 0.2) is 72.9 Å². The van der Waals surface area contributed by atoms with Gasteiger partial charge in [-0.25, -0.2) is 0 Å². The Bertz CT molecular complexity index is 1270. The van der Waals surface area contributed by atoms with Crippen LogP contribution in [0.5, 0.6) is 0 Å². The van der Waals surface area contributed by atoms with Crippen LogP contribution in [0, 0.1) is 0 Å². The van der Waals surface area contributed by atoms with E-state index in [-0.39, 0.29) is 26.1 Å². The highest BCUT2D eigenvalue weighted by atomic mass is 31.2. The van der Waals surface area contributed by atoms with Gasteiger partial charge in [0.25, 0.3) is 7.82 Å². The third-order valence-corrected chi connectivity index (χ3v) is 10.1. The fourth-order valence-electron chi connectivity index (χ4n) is 5.57. The molecule has 3 unspecified atom stereocenters. The maximum atomic E-state index is 12.7. The van der Waals surface area contributed by atoms with Gasteiger partial charge >= 0.3 is 11.9 Å². The quantitative estimate of drug-likeness (QED) is 0.0150. The molecule has 0 aromatic rings. The summed E-state index contributed by atoms with van der Waals surface area (Å²) in [5.74, 6) is -0.958. The summed E-state index contributed by atoms with van der Waals surface area (Å²) in [4.78, 5) is 37.5. The fourth-order valence-corrected chi connectivity index (χ4v) is 6.30. The summed E-state index contributed by atoms with van der Waals surface area (Å²) in [5.41, 5.74) is 0. The Labute approximate surface area is 346 Å². The molecule has 326 valence electrons. The van der Waals surface area contributed by atoms with Gasteiger partial charge in [-0.3, -0.25) is 14.2 Å². The highest BCUT2D eigenvalue weighted by Crippen LogP contribution is 2.38. The zero-order valence-electron chi connectivity index (χ0n) is 36.2. The molecule has 4 atom stereocenters. The number of phosphoric ester groups is 1. The van der Waals surface area contributed by atoms with E-state index in [1.54, 1.807) is 0 Å². The van der Waals surface area contributed by atoms with Crippen molar-refractivity contribution < 1.29 is 46.8 Å². The first-order valence-electron chi connectivity index (χ1n) is 21.8. The van der Waals surface area contributed by atoms with E-state index in [1.807, 2.05) is 27.2 Å². The van der Waals surface area contributed by atoms with Crippen molar-refractivity contribution >= 4 is 19.8 Å². The van der Waals surface area contributed by atoms with Gasteiger partial charge in [-0.1, -0.05) is 119 Å². The van der Waals surface area contributed by atoms with Gasteiger partial charge in [-0.05, 0) is 83.5 Å². The molecule has 0 aliphatic carbocycles. The van der Waals surface area contributed by atoms with Crippen LogP contribution in [-0.2, 0) is 37.4 Å². The second kappa shape index (κ2) is 34.3. The summed E-state index contributed by atoms with van der Waals surface area (Å²) in [6, 6.07) is 0. The van der Waals surface area contributed by atoms with E-state index in [9.17, 15) is 19.0 Å². The van der Waals surface area contributed by atoms with E-state index in [4.69, 9.17) is 23.3 Å². The van der Waals surface area contributed by atoms with Crippen molar-refractivity contribution in [2.24, 2.45) is 0 Å². The first-order valence-corrected chi connectivity index (χ1v) is 23.2. The first-order chi connectivity index (χ1) is 27.5. The average molecular weight is 820 g/mol. The summed E-state index contributed by atoms with van der Waals surface area (Å²) >= 11 is 0. The van der Waals surface area contributed by atoms with E-state index < -0.39 is 32.5 Å². The van der Waals surface area contributed by atoms with E-state index in [0.717, 1.165) is 51.4 Å². The third-order valence-electron chi connectivity index (χ3n) is 9.12. The van der Waals surface area contributed by atoms with Crippen molar-refractivity contribution in [1.82, 2.24) is 0 Å². The molecule has 0 aromatic carbocycles. The lowest BCUT2D eigenvalue weighted by Crippen LogP contribution is -2.37. The fraction of sp³-hybridized carbons (Fsp3) is 0.696. The Hall–Kier alpha value is -2.59. The molecular formula is C46H78NO9P. The maximum Gasteiger partial charge on any atom is 0.306 e. The van der Waals surface area contributed by atoms with Crippen LogP contribution in [-0.4, -0.2) is 82.2 Å². The number of carbonyl (C=O) groups excluding carboxylic acids is 2. The van der Waals surface area contributed by atoms with Crippen LogP contribution < -0.4 is 4.89 Å². The summed E-state index contributed by atoms with van der Waals surface area (Å²) in [6.45, 7) is 4.02. The Morgan fingerprint density at radius 3 is 1.77 bits per heavy atom. The second-order valence-corrected chi connectivity index (χ2v) is 17.1. The van der Waals surface area contributed by atoms with E-state index in [2.05, 4.69) is 80.7 Å². The minimum Gasteiger partial charge on any atom is -0.756 e. The van der Waals surface area contributed by atoms with Gasteiger partial charge < -0.3 is 32.6 Å². The third kappa shape index (κ3) is 35.1. The number of hydrogen-bond donors (Lipinski definition) is 0. The van der Waals surface area contributed by atoms with Gasteiger partial charge in [0.2, 0.25) is 0 Å². The molecule has 0 N–H and O–H groups in total. The van der Waals surface area contributed by atoms with Crippen molar-refractivity contribution in [3.8, 4) is 0 Å². The number of esters is 2. The lowest BCUT2D eigenvalue weighted by atomic mass is 10.1. The lowest BCUT2D eigenvalue weighted by Gasteiger charge is -2.28. The van der Waals surface area contributed by atoms with Crippen LogP contribution in [0.25, 0.3) is 0 Å². The van der Waals surface area contributed by atoms with Crippen LogP contribution in [0.3, 0.4) is 0 Å². The van der Waals surface area contributed by atoms with Crippen molar-refractivity contribution in [1.29, 1.82) is 0 Å². The predicted molar refractivity (Wildman–Crippen MR) is 230 cm³/mol. The molecule has 57 heavy (non-hydrogen) atoms. The largest absolute Gasteiger partial charge is 0.756 e. The number of likely N-dealkylation sites (N-methyl/N-ethyl adjacent to an activating group) is 1. The van der Waals surface area contributed by atoms with Crippen LogP contribution in [0.2, 0.25) is 0 Å². The van der Waals surface area contributed by atoms with Crippen molar-refractivity contribution in [3.63, 3.8) is 0 Å². The van der Waals surface area contributed by atoms with Crippen molar-refractivity contribution in [2.45, 2.75) is 161 Å². The molecule has 10 nitrogen and oxygen atoms in total. The SMILES string of the molecule is CCCCC/C=C\C/C=C\C/C=C\CCCCC(=O)OC[C@H](COP(=O)([O-])OCC[N+](C)(C)C)OC(=O)CCC/C=C\C/C=C\C/C=C\CC1OC1CCCCC. The summed E-state index contributed by atoms with van der Waals surface area (Å²) < 4.78 is 39.5. The topological polar surface area (TPSA) is 124 Å². The minimum absolute atomic E-state index is 0.0529. The number of allylic oxidation sites excluding steroid dienone is 11. The Morgan fingerprint density at radius 1 is 0.649 bits per heavy atom. The average Bonchev–Trinajstić information content (AvgIpc) is 3.91. The monoisotopic (exact) mass is 820 g/mol.